The Morgan fingerprint density at radius 1 is 1.32 bits per heavy atom. The molecule has 1 unspecified atom stereocenters. The van der Waals surface area contributed by atoms with Gasteiger partial charge in [-0.15, -0.1) is 0 Å². The number of nitrogens with one attached hydrogen (secondary N) is 2. The van der Waals surface area contributed by atoms with E-state index in [9.17, 15) is 4.79 Å². The van der Waals surface area contributed by atoms with Crippen molar-refractivity contribution in [3.8, 4) is 0 Å². The molecule has 1 fully saturated rings. The highest BCUT2D eigenvalue weighted by molar-refractivity contribution is 6.35. The number of hydrogen-bond acceptors (Lipinski definition) is 3. The van der Waals surface area contributed by atoms with Gasteiger partial charge >= 0.3 is 0 Å². The molecule has 25 heavy (non-hydrogen) atoms. The summed E-state index contributed by atoms with van der Waals surface area (Å²) >= 11 is 12.3. The molecule has 6 heteroatoms. The molecule has 2 N–H and O–H groups in total. The summed E-state index contributed by atoms with van der Waals surface area (Å²) in [6, 6.07) is 5.59. The molecule has 0 aliphatic carbocycles. The number of hydrogen-bond donors (Lipinski definition) is 2. The molecule has 140 valence electrons. The number of benzene rings is 1. The van der Waals surface area contributed by atoms with Crippen LogP contribution >= 0.6 is 23.2 Å². The van der Waals surface area contributed by atoms with Crippen LogP contribution in [-0.2, 0) is 16.0 Å². The zero-order chi connectivity index (χ0) is 18.4. The van der Waals surface area contributed by atoms with E-state index in [1.807, 2.05) is 12.1 Å². The molecule has 2 rings (SSSR count). The van der Waals surface area contributed by atoms with Crippen molar-refractivity contribution in [1.82, 2.24) is 10.6 Å². The fraction of sp³-hybridized carbons (Fsp3) is 0.632. The van der Waals surface area contributed by atoms with Gasteiger partial charge in [-0.2, -0.15) is 0 Å². The molecule has 1 amide bonds. The number of ether oxygens (including phenoxy) is 1. The first kappa shape index (κ1) is 20.5. The quantitative estimate of drug-likeness (QED) is 0.750. The molecule has 4 nitrogen and oxygen atoms in total. The van der Waals surface area contributed by atoms with Crippen LogP contribution in [0.2, 0.25) is 10.0 Å². The van der Waals surface area contributed by atoms with Crippen molar-refractivity contribution in [3.63, 3.8) is 0 Å². The Kier molecular flexibility index (Phi) is 7.56. The minimum Gasteiger partial charge on any atom is -0.368 e. The van der Waals surface area contributed by atoms with Gasteiger partial charge in [-0.25, -0.2) is 0 Å². The van der Waals surface area contributed by atoms with Crippen LogP contribution in [0.1, 0.15) is 32.3 Å². The van der Waals surface area contributed by atoms with Gasteiger partial charge in [0.25, 0.3) is 5.91 Å². The summed E-state index contributed by atoms with van der Waals surface area (Å²) in [6.45, 7) is 6.53. The summed E-state index contributed by atoms with van der Waals surface area (Å²) in [6.07, 6.45) is 2.20. The van der Waals surface area contributed by atoms with Crippen molar-refractivity contribution < 1.29 is 9.53 Å². The summed E-state index contributed by atoms with van der Waals surface area (Å²) in [5, 5.41) is 7.70. The molecule has 1 aromatic rings. The van der Waals surface area contributed by atoms with E-state index in [4.69, 9.17) is 27.9 Å². The average molecular weight is 387 g/mol. The number of carbonyl (C=O) groups is 1. The van der Waals surface area contributed by atoms with Crippen molar-refractivity contribution in [2.45, 2.75) is 38.7 Å². The van der Waals surface area contributed by atoms with Gasteiger partial charge in [0, 0.05) is 23.7 Å². The predicted octanol–water partition coefficient (Wildman–Crippen LogP) is 3.69. The van der Waals surface area contributed by atoms with Gasteiger partial charge in [0.05, 0.1) is 0 Å². The molecule has 1 heterocycles. The Bertz CT molecular complexity index is 587. The Morgan fingerprint density at radius 2 is 2.00 bits per heavy atom. The summed E-state index contributed by atoms with van der Waals surface area (Å²) in [5.74, 6) is 0.696. The first-order valence-corrected chi connectivity index (χ1v) is 9.61. The van der Waals surface area contributed by atoms with Crippen LogP contribution < -0.4 is 10.6 Å². The second-order valence-corrected chi connectivity index (χ2v) is 7.95. The summed E-state index contributed by atoms with van der Waals surface area (Å²) in [5.41, 5.74) is 0.354. The Hall–Kier alpha value is -0.810. The Morgan fingerprint density at radius 3 is 2.56 bits per heavy atom. The van der Waals surface area contributed by atoms with Gasteiger partial charge in [0.2, 0.25) is 0 Å². The summed E-state index contributed by atoms with van der Waals surface area (Å²) in [4.78, 5) is 12.7. The van der Waals surface area contributed by atoms with Crippen molar-refractivity contribution in [2.75, 3.05) is 26.7 Å². The van der Waals surface area contributed by atoms with E-state index >= 15 is 0 Å². The van der Waals surface area contributed by atoms with Crippen LogP contribution in [0.4, 0.5) is 0 Å². The fourth-order valence-electron chi connectivity index (χ4n) is 3.25. The largest absolute Gasteiger partial charge is 0.368 e. The zero-order valence-electron chi connectivity index (χ0n) is 15.2. The maximum absolute atomic E-state index is 12.7. The zero-order valence-corrected chi connectivity index (χ0v) is 16.7. The molecule has 0 saturated carbocycles. The molecular formula is C19H28Cl2N2O2. The highest BCUT2D eigenvalue weighted by atomic mass is 35.5. The molecular weight excluding hydrogens is 359 g/mol. The smallest absolute Gasteiger partial charge is 0.252 e. The minimum atomic E-state index is -0.704. The van der Waals surface area contributed by atoms with Gasteiger partial charge in [0.1, 0.15) is 5.60 Å². The molecule has 0 bridgehead atoms. The lowest BCUT2D eigenvalue weighted by molar-refractivity contribution is -0.146. The average Bonchev–Trinajstić information content (AvgIpc) is 2.60. The standard InChI is InChI=1S/C19H28Cl2N2O2/c1-13(2)15(10-14-4-5-16(20)11-17(14)21)12-23-18(24)19(25-3)6-8-22-9-7-19/h4-5,11,13,15,22H,6-10,12H2,1-3H3,(H,23,24). The van der Waals surface area contributed by atoms with Crippen LogP contribution in [-0.4, -0.2) is 38.3 Å². The molecule has 0 aromatic heterocycles. The lowest BCUT2D eigenvalue weighted by Gasteiger charge is -2.35. The van der Waals surface area contributed by atoms with E-state index < -0.39 is 5.60 Å². The number of rotatable bonds is 7. The molecule has 0 radical (unpaired) electrons. The van der Waals surface area contributed by atoms with Gasteiger partial charge in [-0.3, -0.25) is 4.79 Å². The summed E-state index contributed by atoms with van der Waals surface area (Å²) < 4.78 is 5.60. The van der Waals surface area contributed by atoms with Crippen molar-refractivity contribution in [3.05, 3.63) is 33.8 Å². The second kappa shape index (κ2) is 9.22. The van der Waals surface area contributed by atoms with Crippen LogP contribution in [0.3, 0.4) is 0 Å². The van der Waals surface area contributed by atoms with Crippen molar-refractivity contribution in [1.29, 1.82) is 0 Å². The van der Waals surface area contributed by atoms with Gasteiger partial charge < -0.3 is 15.4 Å². The van der Waals surface area contributed by atoms with E-state index in [2.05, 4.69) is 24.5 Å². The van der Waals surface area contributed by atoms with Gasteiger partial charge in [-0.05, 0) is 61.9 Å². The predicted molar refractivity (Wildman–Crippen MR) is 103 cm³/mol. The van der Waals surface area contributed by atoms with Crippen LogP contribution in [0.25, 0.3) is 0 Å². The van der Waals surface area contributed by atoms with E-state index in [1.165, 1.54) is 0 Å². The van der Waals surface area contributed by atoms with E-state index in [-0.39, 0.29) is 5.91 Å². The molecule has 1 aromatic carbocycles. The first-order chi connectivity index (χ1) is 11.9. The monoisotopic (exact) mass is 386 g/mol. The number of amides is 1. The Balaban J connectivity index is 2.00. The third-order valence-electron chi connectivity index (χ3n) is 5.18. The lowest BCUT2D eigenvalue weighted by Crippen LogP contribution is -2.55. The number of piperidine rings is 1. The van der Waals surface area contributed by atoms with Gasteiger partial charge in [-0.1, -0.05) is 43.1 Å². The third kappa shape index (κ3) is 5.33. The third-order valence-corrected chi connectivity index (χ3v) is 5.77. The molecule has 0 spiro atoms. The fourth-order valence-corrected chi connectivity index (χ4v) is 3.74. The SMILES string of the molecule is COC1(C(=O)NCC(Cc2ccc(Cl)cc2Cl)C(C)C)CCNCC1. The van der Waals surface area contributed by atoms with Crippen LogP contribution in [0.5, 0.6) is 0 Å². The molecule has 1 saturated heterocycles. The summed E-state index contributed by atoms with van der Waals surface area (Å²) in [7, 11) is 1.62. The lowest BCUT2D eigenvalue weighted by atomic mass is 9.87. The minimum absolute atomic E-state index is 0.00986. The van der Waals surface area contributed by atoms with E-state index in [1.54, 1.807) is 13.2 Å². The van der Waals surface area contributed by atoms with Crippen molar-refractivity contribution >= 4 is 29.1 Å². The Labute approximate surface area is 160 Å². The van der Waals surface area contributed by atoms with Crippen LogP contribution in [0.15, 0.2) is 18.2 Å². The van der Waals surface area contributed by atoms with Crippen molar-refractivity contribution in [2.24, 2.45) is 11.8 Å². The molecule has 1 atom stereocenters. The number of carbonyl (C=O) groups excluding carboxylic acids is 1. The first-order valence-electron chi connectivity index (χ1n) is 8.86. The second-order valence-electron chi connectivity index (χ2n) is 7.10. The number of methoxy groups -OCH3 is 1. The number of halogens is 2. The van der Waals surface area contributed by atoms with E-state index in [0.717, 1.165) is 25.1 Å². The van der Waals surface area contributed by atoms with Crippen LogP contribution in [0, 0.1) is 11.8 Å². The normalized spacial score (nSPS) is 18.2. The maximum atomic E-state index is 12.7. The maximum Gasteiger partial charge on any atom is 0.252 e. The van der Waals surface area contributed by atoms with E-state index in [0.29, 0.717) is 41.3 Å². The highest BCUT2D eigenvalue weighted by Gasteiger charge is 2.39. The topological polar surface area (TPSA) is 50.4 Å². The highest BCUT2D eigenvalue weighted by Crippen LogP contribution is 2.27. The van der Waals surface area contributed by atoms with Gasteiger partial charge in [0.15, 0.2) is 0 Å². The molecule has 1 aliphatic rings. The molecule has 1 aliphatic heterocycles.